The molecule has 0 aromatic carbocycles. The zero-order valence-electron chi connectivity index (χ0n) is 16.1. The summed E-state index contributed by atoms with van der Waals surface area (Å²) in [7, 11) is 2.07. The standard InChI is InChI=1S/C19H25N7O2/c1-11(20)5-16(27)24-19(28)26-8-12-6-14(7-13(12)9-26)25(2)18-15-3-4-21-17(15)22-10-23-18/h3-4,10,12-14,20H,5-9H2,1-2H3,(H,21,22,23)(H,24,27,28). The molecule has 9 heteroatoms. The van der Waals surface area contributed by atoms with E-state index in [1.807, 2.05) is 12.3 Å². The highest BCUT2D eigenvalue weighted by Crippen LogP contribution is 2.41. The first-order valence-corrected chi connectivity index (χ1v) is 9.56. The average Bonchev–Trinajstić information content (AvgIpc) is 3.33. The molecule has 2 unspecified atom stereocenters. The van der Waals surface area contributed by atoms with E-state index in [-0.39, 0.29) is 18.2 Å². The monoisotopic (exact) mass is 383 g/mol. The summed E-state index contributed by atoms with van der Waals surface area (Å²) in [5.41, 5.74) is 1.08. The van der Waals surface area contributed by atoms with Crippen molar-refractivity contribution < 1.29 is 9.59 Å². The molecular weight excluding hydrogens is 358 g/mol. The number of hydrogen-bond acceptors (Lipinski definition) is 6. The normalized spacial score (nSPS) is 23.6. The molecule has 2 aromatic heterocycles. The highest BCUT2D eigenvalue weighted by molar-refractivity contribution is 6.04. The van der Waals surface area contributed by atoms with Crippen molar-refractivity contribution in [1.29, 1.82) is 5.41 Å². The molecule has 2 atom stereocenters. The minimum Gasteiger partial charge on any atom is -0.356 e. The van der Waals surface area contributed by atoms with Gasteiger partial charge in [-0.15, -0.1) is 0 Å². The first-order valence-electron chi connectivity index (χ1n) is 9.56. The topological polar surface area (TPSA) is 118 Å². The number of nitrogens with one attached hydrogen (secondary N) is 3. The van der Waals surface area contributed by atoms with Gasteiger partial charge in [-0.2, -0.15) is 0 Å². The lowest BCUT2D eigenvalue weighted by Gasteiger charge is -2.28. The Kier molecular flexibility index (Phi) is 4.74. The second kappa shape index (κ2) is 7.21. The maximum atomic E-state index is 12.3. The third-order valence-corrected chi connectivity index (χ3v) is 5.90. The molecule has 0 radical (unpaired) electrons. The van der Waals surface area contributed by atoms with E-state index in [1.54, 1.807) is 18.2 Å². The van der Waals surface area contributed by atoms with Crippen molar-refractivity contribution in [3.63, 3.8) is 0 Å². The lowest BCUT2D eigenvalue weighted by molar-refractivity contribution is -0.119. The Morgan fingerprint density at radius 2 is 2.04 bits per heavy atom. The van der Waals surface area contributed by atoms with E-state index in [0.29, 0.717) is 31.0 Å². The molecule has 3 amide bonds. The highest BCUT2D eigenvalue weighted by atomic mass is 16.2. The van der Waals surface area contributed by atoms with Crippen LogP contribution in [0, 0.1) is 17.2 Å². The molecule has 3 N–H and O–H groups in total. The number of H-pyrrole nitrogens is 1. The number of urea groups is 1. The van der Waals surface area contributed by atoms with Gasteiger partial charge in [-0.25, -0.2) is 14.8 Å². The number of nitrogens with zero attached hydrogens (tertiary/aromatic N) is 4. The van der Waals surface area contributed by atoms with Crippen molar-refractivity contribution in [2.24, 2.45) is 11.8 Å². The molecule has 148 valence electrons. The summed E-state index contributed by atoms with van der Waals surface area (Å²) in [6.07, 6.45) is 5.41. The molecule has 1 aliphatic carbocycles. The Hall–Kier alpha value is -2.97. The molecule has 1 aliphatic heterocycles. The van der Waals surface area contributed by atoms with Gasteiger partial charge in [0.1, 0.15) is 17.8 Å². The molecule has 1 saturated heterocycles. The Bertz CT molecular complexity index is 910. The van der Waals surface area contributed by atoms with E-state index in [2.05, 4.69) is 32.2 Å². The summed E-state index contributed by atoms with van der Waals surface area (Å²) in [5.74, 6) is 1.38. The van der Waals surface area contributed by atoms with Gasteiger partial charge >= 0.3 is 6.03 Å². The van der Waals surface area contributed by atoms with Crippen LogP contribution >= 0.6 is 0 Å². The predicted molar refractivity (Wildman–Crippen MR) is 105 cm³/mol. The molecular formula is C19H25N7O2. The minimum atomic E-state index is -0.411. The van der Waals surface area contributed by atoms with Crippen LogP contribution in [0.1, 0.15) is 26.2 Å². The fourth-order valence-corrected chi connectivity index (χ4v) is 4.55. The van der Waals surface area contributed by atoms with Crippen LogP contribution in [-0.2, 0) is 4.79 Å². The summed E-state index contributed by atoms with van der Waals surface area (Å²) in [4.78, 5) is 39.9. The number of likely N-dealkylation sites (tertiary alicyclic amines) is 1. The maximum absolute atomic E-state index is 12.3. The van der Waals surface area contributed by atoms with Crippen LogP contribution in [0.5, 0.6) is 0 Å². The molecule has 4 rings (SSSR count). The Balaban J connectivity index is 1.36. The molecule has 0 bridgehead atoms. The van der Waals surface area contributed by atoms with E-state index in [9.17, 15) is 9.59 Å². The zero-order chi connectivity index (χ0) is 19.8. The van der Waals surface area contributed by atoms with Crippen molar-refractivity contribution in [1.82, 2.24) is 25.2 Å². The number of imide groups is 1. The van der Waals surface area contributed by atoms with Crippen LogP contribution in [0.4, 0.5) is 10.6 Å². The minimum absolute atomic E-state index is 0.0358. The fourth-order valence-electron chi connectivity index (χ4n) is 4.55. The lowest BCUT2D eigenvalue weighted by Crippen LogP contribution is -2.43. The molecule has 2 aliphatic rings. The van der Waals surface area contributed by atoms with Gasteiger partial charge in [0.25, 0.3) is 0 Å². The highest BCUT2D eigenvalue weighted by Gasteiger charge is 2.44. The van der Waals surface area contributed by atoms with Crippen molar-refractivity contribution in [2.75, 3.05) is 25.0 Å². The summed E-state index contributed by atoms with van der Waals surface area (Å²) >= 11 is 0. The van der Waals surface area contributed by atoms with E-state index < -0.39 is 5.91 Å². The number of fused-ring (bicyclic) bond motifs is 2. The molecule has 3 heterocycles. The number of anilines is 1. The third kappa shape index (κ3) is 3.44. The van der Waals surface area contributed by atoms with Gasteiger partial charge in [0.2, 0.25) is 5.91 Å². The van der Waals surface area contributed by atoms with E-state index >= 15 is 0 Å². The van der Waals surface area contributed by atoms with Gasteiger partial charge in [0, 0.05) is 38.1 Å². The summed E-state index contributed by atoms with van der Waals surface area (Å²) in [5, 5.41) is 10.8. The molecule has 9 nitrogen and oxygen atoms in total. The molecule has 0 spiro atoms. The molecule has 2 aromatic rings. The Labute approximate surface area is 163 Å². The van der Waals surface area contributed by atoms with Crippen molar-refractivity contribution in [2.45, 2.75) is 32.2 Å². The Morgan fingerprint density at radius 3 is 2.71 bits per heavy atom. The number of aromatic nitrogens is 3. The van der Waals surface area contributed by atoms with E-state index in [4.69, 9.17) is 5.41 Å². The lowest BCUT2D eigenvalue weighted by atomic mass is 10.0. The van der Waals surface area contributed by atoms with Gasteiger partial charge in [0.05, 0.1) is 11.8 Å². The number of carbonyl (C=O) groups excluding carboxylic acids is 2. The van der Waals surface area contributed by atoms with E-state index in [1.165, 1.54) is 0 Å². The van der Waals surface area contributed by atoms with Crippen molar-refractivity contribution >= 4 is 34.5 Å². The number of hydrogen-bond donors (Lipinski definition) is 3. The van der Waals surface area contributed by atoms with Crippen molar-refractivity contribution in [3.05, 3.63) is 18.6 Å². The largest absolute Gasteiger partial charge is 0.356 e. The van der Waals surface area contributed by atoms with Crippen LogP contribution in [0.2, 0.25) is 0 Å². The number of carbonyl (C=O) groups is 2. The number of rotatable bonds is 4. The third-order valence-electron chi connectivity index (χ3n) is 5.90. The number of aromatic amines is 1. The van der Waals surface area contributed by atoms with Crippen LogP contribution in [0.25, 0.3) is 11.0 Å². The molecule has 2 fully saturated rings. The first-order chi connectivity index (χ1) is 13.4. The maximum Gasteiger partial charge on any atom is 0.324 e. The van der Waals surface area contributed by atoms with Gasteiger partial charge in [-0.3, -0.25) is 10.1 Å². The first kappa shape index (κ1) is 18.4. The predicted octanol–water partition coefficient (Wildman–Crippen LogP) is 1.77. The number of amides is 3. The second-order valence-corrected chi connectivity index (χ2v) is 7.91. The summed E-state index contributed by atoms with van der Waals surface area (Å²) < 4.78 is 0. The zero-order valence-corrected chi connectivity index (χ0v) is 16.1. The smallest absolute Gasteiger partial charge is 0.324 e. The van der Waals surface area contributed by atoms with E-state index in [0.717, 1.165) is 29.7 Å². The van der Waals surface area contributed by atoms with Gasteiger partial charge in [-0.05, 0) is 37.7 Å². The fraction of sp³-hybridized carbons (Fsp3) is 0.526. The van der Waals surface area contributed by atoms with Crippen LogP contribution in [0.15, 0.2) is 18.6 Å². The summed E-state index contributed by atoms with van der Waals surface area (Å²) in [6.45, 7) is 2.89. The van der Waals surface area contributed by atoms with Gasteiger partial charge in [0.15, 0.2) is 0 Å². The van der Waals surface area contributed by atoms with Gasteiger partial charge in [-0.1, -0.05) is 0 Å². The quantitative estimate of drug-likeness (QED) is 0.696. The van der Waals surface area contributed by atoms with Crippen molar-refractivity contribution in [3.8, 4) is 0 Å². The average molecular weight is 383 g/mol. The summed E-state index contributed by atoms with van der Waals surface area (Å²) in [6, 6.07) is 2.03. The van der Waals surface area contributed by atoms with Crippen LogP contribution in [0.3, 0.4) is 0 Å². The second-order valence-electron chi connectivity index (χ2n) is 7.91. The van der Waals surface area contributed by atoms with Crippen LogP contribution in [-0.4, -0.2) is 63.7 Å². The van der Waals surface area contributed by atoms with Crippen LogP contribution < -0.4 is 10.2 Å². The molecule has 28 heavy (non-hydrogen) atoms. The molecule has 1 saturated carbocycles. The SMILES string of the molecule is CC(=N)CC(=O)NC(=O)N1CC2CC(N(C)c3ncnc4[nH]ccc34)CC2C1. The Morgan fingerprint density at radius 1 is 1.32 bits per heavy atom. The van der Waals surface area contributed by atoms with Gasteiger partial charge < -0.3 is 20.2 Å².